The number of hydrogen-bond donors (Lipinski definition) is 1. The van der Waals surface area contributed by atoms with Gasteiger partial charge in [0, 0.05) is 8.59 Å². The number of amides is 1. The number of hydrogen-bond acceptors (Lipinski definition) is 2. The molecule has 0 aliphatic rings. The summed E-state index contributed by atoms with van der Waals surface area (Å²) in [5, 5.41) is 3.43. The normalized spacial score (nSPS) is 10.0. The zero-order valence-electron chi connectivity index (χ0n) is 9.90. The summed E-state index contributed by atoms with van der Waals surface area (Å²) < 4.78 is 6.35. The van der Waals surface area contributed by atoms with Crippen molar-refractivity contribution in [2.24, 2.45) is 0 Å². The summed E-state index contributed by atoms with van der Waals surface area (Å²) in [7, 11) is 0. The van der Waals surface area contributed by atoms with Crippen molar-refractivity contribution in [2.75, 3.05) is 11.9 Å². The van der Waals surface area contributed by atoms with Crippen LogP contribution >= 0.6 is 34.2 Å². The molecule has 1 amide bonds. The Labute approximate surface area is 130 Å². The third-order valence-electron chi connectivity index (χ3n) is 2.33. The summed E-state index contributed by atoms with van der Waals surface area (Å²) in [6, 6.07) is 14.4. The number of carbonyl (C=O) groups is 1. The molecule has 0 heterocycles. The van der Waals surface area contributed by atoms with Gasteiger partial charge in [0.2, 0.25) is 0 Å². The summed E-state index contributed by atoms with van der Waals surface area (Å²) in [5.74, 6) is 0.418. The molecule has 5 heteroatoms. The molecule has 0 radical (unpaired) electrons. The fraction of sp³-hybridized carbons (Fsp3) is 0.0714. The molecule has 3 nitrogen and oxygen atoms in total. The first-order valence-electron chi connectivity index (χ1n) is 5.58. The van der Waals surface area contributed by atoms with E-state index in [0.29, 0.717) is 10.8 Å². The first-order valence-corrected chi connectivity index (χ1v) is 7.03. The van der Waals surface area contributed by atoms with Gasteiger partial charge in [-0.15, -0.1) is 0 Å². The Bertz CT molecular complexity index is 572. The highest BCUT2D eigenvalue weighted by Gasteiger charge is 2.05. The standard InChI is InChI=1S/C14H11ClINO2/c15-10-5-7-11(8-6-10)19-9-14(18)17-13-4-2-1-3-12(13)16/h1-8H,9H2,(H,17,18). The average molecular weight is 388 g/mol. The van der Waals surface area contributed by atoms with Crippen molar-refractivity contribution in [2.45, 2.75) is 0 Å². The SMILES string of the molecule is O=C(COc1ccc(Cl)cc1)Nc1ccccc1I. The molecule has 0 saturated carbocycles. The van der Waals surface area contributed by atoms with Gasteiger partial charge in [-0.1, -0.05) is 23.7 Å². The highest BCUT2D eigenvalue weighted by Crippen LogP contribution is 2.17. The average Bonchev–Trinajstić information content (AvgIpc) is 2.41. The van der Waals surface area contributed by atoms with Crippen LogP contribution in [0.1, 0.15) is 0 Å². The van der Waals surface area contributed by atoms with Crippen molar-refractivity contribution in [1.82, 2.24) is 0 Å². The number of anilines is 1. The van der Waals surface area contributed by atoms with Crippen LogP contribution in [0.15, 0.2) is 48.5 Å². The summed E-state index contributed by atoms with van der Waals surface area (Å²) >= 11 is 7.93. The lowest BCUT2D eigenvalue weighted by Crippen LogP contribution is -2.20. The molecule has 0 unspecified atom stereocenters. The first-order chi connectivity index (χ1) is 9.15. The van der Waals surface area contributed by atoms with Gasteiger partial charge in [-0.25, -0.2) is 0 Å². The Kier molecular flexibility index (Phi) is 5.04. The van der Waals surface area contributed by atoms with E-state index in [1.165, 1.54) is 0 Å². The molecular weight excluding hydrogens is 377 g/mol. The van der Waals surface area contributed by atoms with E-state index in [1.54, 1.807) is 24.3 Å². The lowest BCUT2D eigenvalue weighted by Gasteiger charge is -2.08. The molecule has 0 aliphatic carbocycles. The molecule has 19 heavy (non-hydrogen) atoms. The van der Waals surface area contributed by atoms with Gasteiger partial charge in [0.15, 0.2) is 6.61 Å². The van der Waals surface area contributed by atoms with Crippen molar-refractivity contribution in [3.63, 3.8) is 0 Å². The van der Waals surface area contributed by atoms with E-state index >= 15 is 0 Å². The molecule has 1 N–H and O–H groups in total. The van der Waals surface area contributed by atoms with Crippen LogP contribution in [0.5, 0.6) is 5.75 Å². The number of para-hydroxylation sites is 1. The number of halogens is 2. The van der Waals surface area contributed by atoms with Gasteiger partial charge < -0.3 is 10.1 Å². The predicted molar refractivity (Wildman–Crippen MR) is 84.7 cm³/mol. The second kappa shape index (κ2) is 6.77. The van der Waals surface area contributed by atoms with E-state index in [4.69, 9.17) is 16.3 Å². The molecular formula is C14H11ClINO2. The first kappa shape index (κ1) is 14.1. The quantitative estimate of drug-likeness (QED) is 0.807. The fourth-order valence-electron chi connectivity index (χ4n) is 1.43. The minimum Gasteiger partial charge on any atom is -0.484 e. The summed E-state index contributed by atoms with van der Waals surface area (Å²) in [6.45, 7) is -0.0351. The van der Waals surface area contributed by atoms with Crippen molar-refractivity contribution in [3.8, 4) is 5.75 Å². The minimum atomic E-state index is -0.195. The van der Waals surface area contributed by atoms with Crippen molar-refractivity contribution in [1.29, 1.82) is 0 Å². The Balaban J connectivity index is 1.88. The molecule has 2 aromatic carbocycles. The highest BCUT2D eigenvalue weighted by molar-refractivity contribution is 14.1. The van der Waals surface area contributed by atoms with Crippen LogP contribution in [-0.4, -0.2) is 12.5 Å². The zero-order chi connectivity index (χ0) is 13.7. The number of ether oxygens (including phenoxy) is 1. The molecule has 0 fully saturated rings. The van der Waals surface area contributed by atoms with Crippen LogP contribution in [0.3, 0.4) is 0 Å². The minimum absolute atomic E-state index is 0.0351. The zero-order valence-corrected chi connectivity index (χ0v) is 12.8. The van der Waals surface area contributed by atoms with E-state index in [1.807, 2.05) is 24.3 Å². The van der Waals surface area contributed by atoms with E-state index in [0.717, 1.165) is 9.26 Å². The summed E-state index contributed by atoms with van der Waals surface area (Å²) in [4.78, 5) is 11.7. The van der Waals surface area contributed by atoms with Crippen LogP contribution in [0.4, 0.5) is 5.69 Å². The molecule has 98 valence electrons. The van der Waals surface area contributed by atoms with Gasteiger partial charge in [-0.05, 0) is 59.0 Å². The second-order valence-corrected chi connectivity index (χ2v) is 5.37. The topological polar surface area (TPSA) is 38.3 Å². The maximum Gasteiger partial charge on any atom is 0.262 e. The van der Waals surface area contributed by atoms with E-state index in [2.05, 4.69) is 27.9 Å². The molecule has 0 atom stereocenters. The predicted octanol–water partition coefficient (Wildman–Crippen LogP) is 3.96. The number of carbonyl (C=O) groups excluding carboxylic acids is 1. The molecule has 0 aliphatic heterocycles. The third kappa shape index (κ3) is 4.40. The maximum absolute atomic E-state index is 11.7. The lowest BCUT2D eigenvalue weighted by atomic mass is 10.3. The molecule has 2 aromatic rings. The van der Waals surface area contributed by atoms with Gasteiger partial charge in [0.1, 0.15) is 5.75 Å². The Hall–Kier alpha value is -1.27. The van der Waals surface area contributed by atoms with Gasteiger partial charge >= 0.3 is 0 Å². The van der Waals surface area contributed by atoms with Crippen molar-refractivity contribution < 1.29 is 9.53 Å². The molecule has 0 aromatic heterocycles. The maximum atomic E-state index is 11.7. The van der Waals surface area contributed by atoms with Gasteiger partial charge in [-0.3, -0.25) is 4.79 Å². The number of benzene rings is 2. The lowest BCUT2D eigenvalue weighted by molar-refractivity contribution is -0.118. The van der Waals surface area contributed by atoms with Crippen LogP contribution in [0.2, 0.25) is 5.02 Å². The monoisotopic (exact) mass is 387 g/mol. The fourth-order valence-corrected chi connectivity index (χ4v) is 2.08. The van der Waals surface area contributed by atoms with Crippen molar-refractivity contribution >= 4 is 45.8 Å². The molecule has 2 rings (SSSR count). The van der Waals surface area contributed by atoms with Gasteiger partial charge in [0.05, 0.1) is 5.69 Å². The molecule has 0 spiro atoms. The van der Waals surface area contributed by atoms with E-state index < -0.39 is 0 Å². The largest absolute Gasteiger partial charge is 0.484 e. The van der Waals surface area contributed by atoms with E-state index in [9.17, 15) is 4.79 Å². The number of rotatable bonds is 4. The molecule has 0 saturated heterocycles. The van der Waals surface area contributed by atoms with Gasteiger partial charge in [0.25, 0.3) is 5.91 Å². The Morgan fingerprint density at radius 3 is 2.53 bits per heavy atom. The second-order valence-electron chi connectivity index (χ2n) is 3.77. The summed E-state index contributed by atoms with van der Waals surface area (Å²) in [6.07, 6.45) is 0. The number of nitrogens with one attached hydrogen (secondary N) is 1. The summed E-state index contributed by atoms with van der Waals surface area (Å²) in [5.41, 5.74) is 0.785. The van der Waals surface area contributed by atoms with Crippen molar-refractivity contribution in [3.05, 3.63) is 57.1 Å². The van der Waals surface area contributed by atoms with Crippen LogP contribution < -0.4 is 10.1 Å². The highest BCUT2D eigenvalue weighted by atomic mass is 127. The third-order valence-corrected chi connectivity index (χ3v) is 3.52. The van der Waals surface area contributed by atoms with Gasteiger partial charge in [-0.2, -0.15) is 0 Å². The Morgan fingerprint density at radius 2 is 1.84 bits per heavy atom. The van der Waals surface area contributed by atoms with E-state index in [-0.39, 0.29) is 12.5 Å². The van der Waals surface area contributed by atoms with Crippen LogP contribution in [0.25, 0.3) is 0 Å². The molecule has 0 bridgehead atoms. The Morgan fingerprint density at radius 1 is 1.16 bits per heavy atom. The van der Waals surface area contributed by atoms with Crippen LogP contribution in [0, 0.1) is 3.57 Å². The smallest absolute Gasteiger partial charge is 0.262 e. The van der Waals surface area contributed by atoms with Crippen LogP contribution in [-0.2, 0) is 4.79 Å².